The number of ether oxygens (including phenoxy) is 4. The minimum absolute atomic E-state index is 0. The topological polar surface area (TPSA) is 73.3 Å². The Morgan fingerprint density at radius 1 is 0.970 bits per heavy atom. The van der Waals surface area contributed by atoms with Crippen LogP contribution in [-0.2, 0) is 15.9 Å². The first-order chi connectivity index (χ1) is 15.8. The molecule has 0 atom stereocenters. The predicted octanol–water partition coefficient (Wildman–Crippen LogP) is 4.51. The second-order valence-electron chi connectivity index (χ2n) is 7.54. The Kier molecular flexibility index (Phi) is 13.6. The fourth-order valence-corrected chi connectivity index (χ4v) is 3.26. The zero-order chi connectivity index (χ0) is 22.3. The molecule has 2 N–H and O–H groups in total. The molecule has 0 radical (unpaired) electrons. The molecule has 2 aromatic rings. The first-order valence-corrected chi connectivity index (χ1v) is 11.4. The molecule has 0 fully saturated rings. The second kappa shape index (κ2) is 16.6. The number of rotatable bonds is 12. The third-order valence-electron chi connectivity index (χ3n) is 4.94. The Bertz CT molecular complexity index is 821. The van der Waals surface area contributed by atoms with Gasteiger partial charge in [0, 0.05) is 45.0 Å². The number of nitrogens with one attached hydrogen (secondary N) is 2. The average molecular weight is 569 g/mol. The molecule has 0 aliphatic carbocycles. The normalized spacial score (nSPS) is 13.1. The van der Waals surface area contributed by atoms with E-state index in [4.69, 9.17) is 23.9 Å². The molecule has 1 aliphatic heterocycles. The highest BCUT2D eigenvalue weighted by molar-refractivity contribution is 14.0. The van der Waals surface area contributed by atoms with Crippen molar-refractivity contribution in [2.75, 3.05) is 58.6 Å². The number of aliphatic imine (C=N–C) groups is 1. The second-order valence-corrected chi connectivity index (χ2v) is 7.54. The molecule has 0 saturated carbocycles. The highest BCUT2D eigenvalue weighted by Gasteiger charge is 2.11. The number of guanidine groups is 1. The molecule has 0 bridgehead atoms. The summed E-state index contributed by atoms with van der Waals surface area (Å²) in [6.45, 7) is 4.77. The predicted molar refractivity (Wildman–Crippen MR) is 143 cm³/mol. The van der Waals surface area contributed by atoms with Crippen LogP contribution in [0.25, 0.3) is 0 Å². The van der Waals surface area contributed by atoms with Crippen LogP contribution in [-0.4, -0.2) is 59.2 Å². The third-order valence-corrected chi connectivity index (χ3v) is 4.94. The fraction of sp³-hybridized carbons (Fsp3) is 0.480. The van der Waals surface area contributed by atoms with Crippen LogP contribution in [0, 0.1) is 0 Å². The Labute approximate surface area is 214 Å². The van der Waals surface area contributed by atoms with Gasteiger partial charge in [0.1, 0.15) is 0 Å². The molecular weight excluding hydrogens is 533 g/mol. The summed E-state index contributed by atoms with van der Waals surface area (Å²) in [5.41, 5.74) is 2.25. The number of fused-ring (bicyclic) bond motifs is 1. The molecule has 0 unspecified atom stereocenters. The summed E-state index contributed by atoms with van der Waals surface area (Å²) in [5.74, 6) is 2.31. The van der Waals surface area contributed by atoms with Crippen molar-refractivity contribution in [1.29, 1.82) is 0 Å². The summed E-state index contributed by atoms with van der Waals surface area (Å²) < 4.78 is 22.1. The van der Waals surface area contributed by atoms with E-state index in [-0.39, 0.29) is 24.0 Å². The van der Waals surface area contributed by atoms with Crippen LogP contribution in [0.5, 0.6) is 11.5 Å². The third kappa shape index (κ3) is 10.6. The lowest BCUT2D eigenvalue weighted by Gasteiger charge is -2.15. The van der Waals surface area contributed by atoms with E-state index in [0.29, 0.717) is 33.0 Å². The molecule has 3 rings (SSSR count). The SMILES string of the molecule is COCCOCCCNC(=NCCCc1ccccc1)Nc1ccc2c(c1)OCCCO2.I. The van der Waals surface area contributed by atoms with Crippen molar-refractivity contribution in [3.05, 3.63) is 54.1 Å². The van der Waals surface area contributed by atoms with E-state index < -0.39 is 0 Å². The number of hydrogen-bond acceptors (Lipinski definition) is 5. The van der Waals surface area contributed by atoms with Gasteiger partial charge in [-0.15, -0.1) is 24.0 Å². The first kappa shape index (κ1) is 27.2. The summed E-state index contributed by atoms with van der Waals surface area (Å²) in [6.07, 6.45) is 3.77. The number of halogens is 1. The standard InChI is InChI=1S/C25H35N3O4.HI/c1-29-18-19-30-15-6-14-27-25(26-13-5-10-21-8-3-2-4-9-21)28-22-11-12-23-24(20-22)32-17-7-16-31-23;/h2-4,8-9,11-12,20H,5-7,10,13-19H2,1H3,(H2,26,27,28);1H. The quantitative estimate of drug-likeness (QED) is 0.170. The van der Waals surface area contributed by atoms with E-state index >= 15 is 0 Å². The van der Waals surface area contributed by atoms with Gasteiger partial charge >= 0.3 is 0 Å². The van der Waals surface area contributed by atoms with Gasteiger partial charge in [0.15, 0.2) is 17.5 Å². The monoisotopic (exact) mass is 569 g/mol. The maximum Gasteiger partial charge on any atom is 0.195 e. The number of benzene rings is 2. The Hall–Kier alpha value is -2.04. The summed E-state index contributed by atoms with van der Waals surface area (Å²) in [5, 5.41) is 6.81. The maximum atomic E-state index is 5.81. The maximum absolute atomic E-state index is 5.81. The Morgan fingerprint density at radius 3 is 2.61 bits per heavy atom. The van der Waals surface area contributed by atoms with Gasteiger partial charge < -0.3 is 29.6 Å². The molecule has 0 spiro atoms. The summed E-state index contributed by atoms with van der Waals surface area (Å²) in [4.78, 5) is 4.77. The lowest BCUT2D eigenvalue weighted by Crippen LogP contribution is -2.32. The van der Waals surface area contributed by atoms with Crippen molar-refractivity contribution in [1.82, 2.24) is 5.32 Å². The molecule has 1 aliphatic rings. The molecule has 0 saturated heterocycles. The van der Waals surface area contributed by atoms with E-state index in [9.17, 15) is 0 Å². The number of aryl methyl sites for hydroxylation is 1. The van der Waals surface area contributed by atoms with Crippen molar-refractivity contribution in [2.45, 2.75) is 25.7 Å². The summed E-state index contributed by atoms with van der Waals surface area (Å²) in [6, 6.07) is 16.4. The van der Waals surface area contributed by atoms with E-state index in [2.05, 4.69) is 34.9 Å². The molecule has 7 nitrogen and oxygen atoms in total. The van der Waals surface area contributed by atoms with Crippen LogP contribution in [0.2, 0.25) is 0 Å². The first-order valence-electron chi connectivity index (χ1n) is 11.4. The van der Waals surface area contributed by atoms with Crippen molar-refractivity contribution in [3.63, 3.8) is 0 Å². The van der Waals surface area contributed by atoms with E-state index in [0.717, 1.165) is 61.9 Å². The van der Waals surface area contributed by atoms with E-state index in [1.165, 1.54) is 5.56 Å². The van der Waals surface area contributed by atoms with E-state index in [1.807, 2.05) is 24.3 Å². The van der Waals surface area contributed by atoms with Crippen molar-refractivity contribution in [2.24, 2.45) is 4.99 Å². The van der Waals surface area contributed by atoms with Crippen LogP contribution in [0.1, 0.15) is 24.8 Å². The Morgan fingerprint density at radius 2 is 1.79 bits per heavy atom. The van der Waals surface area contributed by atoms with Gasteiger partial charge in [-0.25, -0.2) is 0 Å². The smallest absolute Gasteiger partial charge is 0.195 e. The number of methoxy groups -OCH3 is 1. The average Bonchev–Trinajstić information content (AvgIpc) is 3.07. The Balaban J connectivity index is 0.00000385. The molecule has 8 heteroatoms. The van der Waals surface area contributed by atoms with Crippen LogP contribution >= 0.6 is 24.0 Å². The van der Waals surface area contributed by atoms with Gasteiger partial charge in [0.2, 0.25) is 0 Å². The van der Waals surface area contributed by atoms with Crippen molar-refractivity contribution in [3.8, 4) is 11.5 Å². The van der Waals surface area contributed by atoms with Crippen LogP contribution in [0.15, 0.2) is 53.5 Å². The van der Waals surface area contributed by atoms with Gasteiger partial charge in [-0.2, -0.15) is 0 Å². The molecule has 182 valence electrons. The minimum Gasteiger partial charge on any atom is -0.490 e. The van der Waals surface area contributed by atoms with Gasteiger partial charge in [-0.3, -0.25) is 4.99 Å². The number of anilines is 1. The lowest BCUT2D eigenvalue weighted by molar-refractivity contribution is 0.0699. The summed E-state index contributed by atoms with van der Waals surface area (Å²) in [7, 11) is 1.68. The molecular formula is C25H36IN3O4. The van der Waals surface area contributed by atoms with Crippen LogP contribution < -0.4 is 20.1 Å². The molecule has 1 heterocycles. The molecule has 2 aromatic carbocycles. The van der Waals surface area contributed by atoms with Gasteiger partial charge in [0.25, 0.3) is 0 Å². The zero-order valence-electron chi connectivity index (χ0n) is 19.4. The molecule has 0 aromatic heterocycles. The van der Waals surface area contributed by atoms with Crippen LogP contribution in [0.4, 0.5) is 5.69 Å². The van der Waals surface area contributed by atoms with Gasteiger partial charge in [-0.1, -0.05) is 30.3 Å². The highest BCUT2D eigenvalue weighted by Crippen LogP contribution is 2.32. The number of nitrogens with zero attached hydrogens (tertiary/aromatic N) is 1. The fourth-order valence-electron chi connectivity index (χ4n) is 3.26. The van der Waals surface area contributed by atoms with Crippen molar-refractivity contribution < 1.29 is 18.9 Å². The van der Waals surface area contributed by atoms with Gasteiger partial charge in [-0.05, 0) is 37.0 Å². The van der Waals surface area contributed by atoms with Gasteiger partial charge in [0.05, 0.1) is 26.4 Å². The molecule has 33 heavy (non-hydrogen) atoms. The van der Waals surface area contributed by atoms with Crippen LogP contribution in [0.3, 0.4) is 0 Å². The zero-order valence-corrected chi connectivity index (χ0v) is 21.7. The minimum atomic E-state index is 0. The number of hydrogen-bond donors (Lipinski definition) is 2. The summed E-state index contributed by atoms with van der Waals surface area (Å²) >= 11 is 0. The lowest BCUT2D eigenvalue weighted by atomic mass is 10.1. The highest BCUT2D eigenvalue weighted by atomic mass is 127. The largest absolute Gasteiger partial charge is 0.490 e. The van der Waals surface area contributed by atoms with Crippen molar-refractivity contribution >= 4 is 35.6 Å². The van der Waals surface area contributed by atoms with E-state index in [1.54, 1.807) is 7.11 Å². The molecule has 0 amide bonds.